The van der Waals surface area contributed by atoms with Gasteiger partial charge in [-0.15, -0.1) is 0 Å². The third-order valence-electron chi connectivity index (χ3n) is 4.29. The molecule has 0 atom stereocenters. The SMILES string of the molecule is Cn1c(=O)cc(C(=O)NCC2CCOCC2)c2ccccc21. The Morgan fingerprint density at radius 2 is 2.05 bits per heavy atom. The number of aryl methyl sites for hydroxylation is 1. The number of benzene rings is 1. The molecule has 1 aromatic heterocycles. The lowest BCUT2D eigenvalue weighted by Gasteiger charge is -2.22. The maximum absolute atomic E-state index is 12.5. The molecule has 3 rings (SSSR count). The molecule has 116 valence electrons. The zero-order chi connectivity index (χ0) is 15.5. The summed E-state index contributed by atoms with van der Waals surface area (Å²) < 4.78 is 6.88. The molecular weight excluding hydrogens is 280 g/mol. The minimum atomic E-state index is -0.180. The predicted molar refractivity (Wildman–Crippen MR) is 85.1 cm³/mol. The first-order chi connectivity index (χ1) is 10.7. The van der Waals surface area contributed by atoms with Crippen molar-refractivity contribution in [3.63, 3.8) is 0 Å². The van der Waals surface area contributed by atoms with Gasteiger partial charge in [-0.25, -0.2) is 0 Å². The van der Waals surface area contributed by atoms with E-state index in [9.17, 15) is 9.59 Å². The van der Waals surface area contributed by atoms with Crippen molar-refractivity contribution in [2.45, 2.75) is 12.8 Å². The number of fused-ring (bicyclic) bond motifs is 1. The Morgan fingerprint density at radius 1 is 1.32 bits per heavy atom. The number of pyridine rings is 1. The summed E-state index contributed by atoms with van der Waals surface area (Å²) in [6.45, 7) is 2.15. The third kappa shape index (κ3) is 2.90. The maximum Gasteiger partial charge on any atom is 0.252 e. The van der Waals surface area contributed by atoms with E-state index in [0.717, 1.165) is 37.0 Å². The Balaban J connectivity index is 1.84. The molecule has 0 unspecified atom stereocenters. The average Bonchev–Trinajstić information content (AvgIpc) is 2.57. The Bertz CT molecular complexity index is 745. The van der Waals surface area contributed by atoms with Gasteiger partial charge in [0.25, 0.3) is 11.5 Å². The minimum absolute atomic E-state index is 0.171. The van der Waals surface area contributed by atoms with Crippen LogP contribution in [0, 0.1) is 5.92 Å². The quantitative estimate of drug-likeness (QED) is 0.938. The summed E-state index contributed by atoms with van der Waals surface area (Å²) in [6, 6.07) is 8.89. The topological polar surface area (TPSA) is 60.3 Å². The molecule has 2 aromatic rings. The van der Waals surface area contributed by atoms with E-state index in [1.807, 2.05) is 24.3 Å². The number of amides is 1. The van der Waals surface area contributed by atoms with Gasteiger partial charge >= 0.3 is 0 Å². The lowest BCUT2D eigenvalue weighted by molar-refractivity contribution is 0.0643. The van der Waals surface area contributed by atoms with E-state index in [-0.39, 0.29) is 11.5 Å². The maximum atomic E-state index is 12.5. The van der Waals surface area contributed by atoms with E-state index in [4.69, 9.17) is 4.74 Å². The zero-order valence-corrected chi connectivity index (χ0v) is 12.7. The van der Waals surface area contributed by atoms with Gasteiger partial charge in [0.1, 0.15) is 0 Å². The molecule has 5 heteroatoms. The molecule has 1 aliphatic rings. The van der Waals surface area contributed by atoms with Crippen molar-refractivity contribution in [3.8, 4) is 0 Å². The van der Waals surface area contributed by atoms with Crippen molar-refractivity contribution in [1.82, 2.24) is 9.88 Å². The van der Waals surface area contributed by atoms with Gasteiger partial charge in [0.05, 0.1) is 11.1 Å². The van der Waals surface area contributed by atoms with Crippen LogP contribution in [0.2, 0.25) is 0 Å². The van der Waals surface area contributed by atoms with Crippen LogP contribution in [0.1, 0.15) is 23.2 Å². The van der Waals surface area contributed by atoms with Gasteiger partial charge in [0.2, 0.25) is 0 Å². The van der Waals surface area contributed by atoms with Crippen LogP contribution in [0.25, 0.3) is 10.9 Å². The number of aromatic nitrogens is 1. The van der Waals surface area contributed by atoms with Crippen molar-refractivity contribution in [3.05, 3.63) is 46.2 Å². The van der Waals surface area contributed by atoms with Gasteiger partial charge in [0.15, 0.2) is 0 Å². The van der Waals surface area contributed by atoms with E-state index in [0.29, 0.717) is 18.0 Å². The van der Waals surface area contributed by atoms with Gasteiger partial charge in [0, 0.05) is 38.3 Å². The second-order valence-electron chi connectivity index (χ2n) is 5.74. The summed E-state index contributed by atoms with van der Waals surface area (Å²) in [5, 5.41) is 3.76. The first kappa shape index (κ1) is 14.8. The largest absolute Gasteiger partial charge is 0.381 e. The number of carbonyl (C=O) groups excluding carboxylic acids is 1. The zero-order valence-electron chi connectivity index (χ0n) is 12.7. The van der Waals surface area contributed by atoms with E-state index in [1.54, 1.807) is 11.6 Å². The fraction of sp³-hybridized carbons (Fsp3) is 0.412. The molecule has 0 radical (unpaired) electrons. The summed E-state index contributed by atoms with van der Waals surface area (Å²) in [5.41, 5.74) is 1.05. The number of carbonyl (C=O) groups is 1. The van der Waals surface area contributed by atoms with Crippen LogP contribution in [0.3, 0.4) is 0 Å². The molecule has 5 nitrogen and oxygen atoms in total. The summed E-state index contributed by atoms with van der Waals surface area (Å²) in [7, 11) is 1.72. The molecule has 0 aliphatic carbocycles. The predicted octanol–water partition coefficient (Wildman–Crippen LogP) is 1.69. The van der Waals surface area contributed by atoms with Crippen LogP contribution in [-0.4, -0.2) is 30.2 Å². The van der Waals surface area contributed by atoms with Crippen LogP contribution >= 0.6 is 0 Å². The highest BCUT2D eigenvalue weighted by Gasteiger charge is 2.17. The molecule has 22 heavy (non-hydrogen) atoms. The number of ether oxygens (including phenoxy) is 1. The number of nitrogens with one attached hydrogen (secondary N) is 1. The van der Waals surface area contributed by atoms with Crippen LogP contribution in [0.4, 0.5) is 0 Å². The van der Waals surface area contributed by atoms with Crippen molar-refractivity contribution < 1.29 is 9.53 Å². The standard InChI is InChI=1S/C17H20N2O3/c1-19-15-5-3-2-4-13(15)14(10-16(19)20)17(21)18-11-12-6-8-22-9-7-12/h2-5,10,12H,6-9,11H2,1H3,(H,18,21). The van der Waals surface area contributed by atoms with Gasteiger partial charge in [-0.1, -0.05) is 18.2 Å². The molecule has 0 bridgehead atoms. The monoisotopic (exact) mass is 300 g/mol. The number of rotatable bonds is 3. The van der Waals surface area contributed by atoms with Crippen molar-refractivity contribution in [2.24, 2.45) is 13.0 Å². The molecule has 0 saturated carbocycles. The molecule has 1 saturated heterocycles. The van der Waals surface area contributed by atoms with Crippen LogP contribution in [-0.2, 0) is 11.8 Å². The van der Waals surface area contributed by atoms with E-state index in [2.05, 4.69) is 5.32 Å². The molecule has 1 fully saturated rings. The Hall–Kier alpha value is -2.14. The van der Waals surface area contributed by atoms with Crippen LogP contribution in [0.15, 0.2) is 35.1 Å². The van der Waals surface area contributed by atoms with E-state index < -0.39 is 0 Å². The smallest absolute Gasteiger partial charge is 0.252 e. The Labute approximate surface area is 128 Å². The van der Waals surface area contributed by atoms with Crippen LogP contribution < -0.4 is 10.9 Å². The molecular formula is C17H20N2O3. The Morgan fingerprint density at radius 3 is 2.82 bits per heavy atom. The van der Waals surface area contributed by atoms with Crippen molar-refractivity contribution in [2.75, 3.05) is 19.8 Å². The van der Waals surface area contributed by atoms with Crippen LogP contribution in [0.5, 0.6) is 0 Å². The van der Waals surface area contributed by atoms with E-state index in [1.165, 1.54) is 6.07 Å². The summed E-state index contributed by atoms with van der Waals surface area (Å²) in [5.74, 6) is 0.274. The minimum Gasteiger partial charge on any atom is -0.381 e. The van der Waals surface area contributed by atoms with Crippen molar-refractivity contribution >= 4 is 16.8 Å². The third-order valence-corrected chi connectivity index (χ3v) is 4.29. The first-order valence-electron chi connectivity index (χ1n) is 7.61. The summed E-state index contributed by atoms with van der Waals surface area (Å²) in [6.07, 6.45) is 1.94. The van der Waals surface area contributed by atoms with Gasteiger partial charge in [-0.2, -0.15) is 0 Å². The molecule has 0 spiro atoms. The highest BCUT2D eigenvalue weighted by molar-refractivity contribution is 6.06. The van der Waals surface area contributed by atoms with Crippen molar-refractivity contribution in [1.29, 1.82) is 0 Å². The Kier molecular flexibility index (Phi) is 4.24. The fourth-order valence-corrected chi connectivity index (χ4v) is 2.88. The lowest BCUT2D eigenvalue weighted by Crippen LogP contribution is -2.33. The molecule has 2 heterocycles. The number of hydrogen-bond acceptors (Lipinski definition) is 3. The fourth-order valence-electron chi connectivity index (χ4n) is 2.88. The lowest BCUT2D eigenvalue weighted by atomic mass is 10.00. The van der Waals surface area contributed by atoms with Gasteiger partial charge in [-0.05, 0) is 24.8 Å². The number of hydrogen-bond donors (Lipinski definition) is 1. The molecule has 1 N–H and O–H groups in total. The average molecular weight is 300 g/mol. The van der Waals surface area contributed by atoms with Gasteiger partial charge < -0.3 is 14.6 Å². The molecule has 1 aromatic carbocycles. The summed E-state index contributed by atoms with van der Waals surface area (Å²) >= 11 is 0. The summed E-state index contributed by atoms with van der Waals surface area (Å²) in [4.78, 5) is 24.5. The van der Waals surface area contributed by atoms with E-state index >= 15 is 0 Å². The normalized spacial score (nSPS) is 15.9. The number of para-hydroxylation sites is 1. The second-order valence-corrected chi connectivity index (χ2v) is 5.74. The highest BCUT2D eigenvalue weighted by atomic mass is 16.5. The number of nitrogens with zero attached hydrogens (tertiary/aromatic N) is 1. The second kappa shape index (κ2) is 6.32. The highest BCUT2D eigenvalue weighted by Crippen LogP contribution is 2.17. The van der Waals surface area contributed by atoms with Gasteiger partial charge in [-0.3, -0.25) is 9.59 Å². The molecule has 1 amide bonds. The molecule has 1 aliphatic heterocycles. The first-order valence-corrected chi connectivity index (χ1v) is 7.61.